The quantitative estimate of drug-likeness (QED) is 0.321. The monoisotopic (exact) mass is 338 g/mol. The van der Waals surface area contributed by atoms with E-state index in [0.29, 0.717) is 5.92 Å². The predicted molar refractivity (Wildman–Crippen MR) is 103 cm³/mol. The Kier molecular flexibility index (Phi) is 8.81. The molecule has 0 aromatic carbocycles. The van der Waals surface area contributed by atoms with Crippen LogP contribution in [0, 0.1) is 5.92 Å². The molecule has 1 atom stereocenters. The lowest BCUT2D eigenvalue weighted by atomic mass is 9.93. The van der Waals surface area contributed by atoms with E-state index in [0.717, 1.165) is 6.04 Å². The van der Waals surface area contributed by atoms with Crippen LogP contribution in [-0.2, 0) is 8.85 Å². The lowest BCUT2D eigenvalue weighted by molar-refractivity contribution is 0.248. The van der Waals surface area contributed by atoms with Crippen molar-refractivity contribution in [2.45, 2.75) is 85.2 Å². The summed E-state index contributed by atoms with van der Waals surface area (Å²) in [5.41, 5.74) is 6.39. The fourth-order valence-corrected chi connectivity index (χ4v) is 5.07. The first-order valence-electron chi connectivity index (χ1n) is 9.34. The third kappa shape index (κ3) is 5.88. The van der Waals surface area contributed by atoms with Crippen LogP contribution in [0.15, 0.2) is 22.3 Å². The number of rotatable bonds is 11. The minimum atomic E-state index is -1.83. The summed E-state index contributed by atoms with van der Waals surface area (Å²) in [5, 5.41) is 0. The molecule has 1 aliphatic carbocycles. The fourth-order valence-electron chi connectivity index (χ4n) is 3.61. The lowest BCUT2D eigenvalue weighted by Crippen LogP contribution is -2.35. The highest BCUT2D eigenvalue weighted by Gasteiger charge is 2.27. The molecule has 0 N–H and O–H groups in total. The largest absolute Gasteiger partial charge is 0.398 e. The van der Waals surface area contributed by atoms with Crippen molar-refractivity contribution in [3.05, 3.63) is 22.3 Å². The smallest absolute Gasteiger partial charge is 0.334 e. The van der Waals surface area contributed by atoms with E-state index in [1.807, 2.05) is 0 Å². The first-order chi connectivity index (χ1) is 10.9. The maximum Gasteiger partial charge on any atom is 0.334 e. The molecule has 0 fully saturated rings. The van der Waals surface area contributed by atoms with Crippen LogP contribution in [-0.4, -0.2) is 22.8 Å². The van der Waals surface area contributed by atoms with E-state index in [9.17, 15) is 0 Å². The Hall–Kier alpha value is -0.383. The maximum absolute atomic E-state index is 5.53. The van der Waals surface area contributed by atoms with Gasteiger partial charge in [-0.15, -0.1) is 0 Å². The van der Waals surface area contributed by atoms with Crippen molar-refractivity contribution in [1.82, 2.24) is 0 Å². The van der Waals surface area contributed by atoms with E-state index < -0.39 is 8.56 Å². The third-order valence-corrected chi connectivity index (χ3v) is 8.99. The van der Waals surface area contributed by atoms with Crippen molar-refractivity contribution in [3.63, 3.8) is 0 Å². The van der Waals surface area contributed by atoms with E-state index in [-0.39, 0.29) is 0 Å². The molecule has 0 heterocycles. The van der Waals surface area contributed by atoms with E-state index in [1.165, 1.54) is 50.5 Å². The van der Waals surface area contributed by atoms with Crippen LogP contribution in [0.4, 0.5) is 0 Å². The van der Waals surface area contributed by atoms with Crippen molar-refractivity contribution in [2.75, 3.05) is 14.2 Å². The van der Waals surface area contributed by atoms with Crippen molar-refractivity contribution in [2.24, 2.45) is 5.92 Å². The lowest BCUT2D eigenvalue weighted by Gasteiger charge is -2.22. The SMILES string of the molecule is CO[Si](C)(CCCCCCCCC1=C(C)C(C)=C(C)C1C)OC. The van der Waals surface area contributed by atoms with Gasteiger partial charge in [-0.1, -0.05) is 50.2 Å². The standard InChI is InChI=1S/C20H38O2Si/c1-16-17(2)19(4)20(18(16)3)14-12-10-8-9-11-13-15-23(7,21-5)22-6/h18H,8-15H2,1-7H3. The summed E-state index contributed by atoms with van der Waals surface area (Å²) in [5.74, 6) is 0.681. The van der Waals surface area contributed by atoms with Gasteiger partial charge in [0.05, 0.1) is 0 Å². The zero-order valence-corrected chi connectivity index (χ0v) is 17.6. The summed E-state index contributed by atoms with van der Waals surface area (Å²) < 4.78 is 11.1. The van der Waals surface area contributed by atoms with Gasteiger partial charge in [-0.25, -0.2) is 0 Å². The van der Waals surface area contributed by atoms with Gasteiger partial charge in [0.25, 0.3) is 0 Å². The molecule has 0 aromatic rings. The summed E-state index contributed by atoms with van der Waals surface area (Å²) in [4.78, 5) is 0. The van der Waals surface area contributed by atoms with Crippen molar-refractivity contribution < 1.29 is 8.85 Å². The average molecular weight is 339 g/mol. The molecule has 23 heavy (non-hydrogen) atoms. The van der Waals surface area contributed by atoms with Crippen LogP contribution in [0.5, 0.6) is 0 Å². The van der Waals surface area contributed by atoms with Gasteiger partial charge in [-0.05, 0) is 63.3 Å². The highest BCUT2D eigenvalue weighted by Crippen LogP contribution is 2.39. The minimum absolute atomic E-state index is 0.681. The third-order valence-electron chi connectivity index (χ3n) is 6.00. The zero-order chi connectivity index (χ0) is 17.5. The molecule has 0 bridgehead atoms. The minimum Gasteiger partial charge on any atom is -0.398 e. The van der Waals surface area contributed by atoms with Crippen molar-refractivity contribution in [1.29, 1.82) is 0 Å². The van der Waals surface area contributed by atoms with Crippen LogP contribution in [0.1, 0.15) is 72.6 Å². The fraction of sp³-hybridized carbons (Fsp3) is 0.800. The Morgan fingerprint density at radius 1 is 0.826 bits per heavy atom. The normalized spacial score (nSPS) is 19.2. The number of allylic oxidation sites excluding steroid dienone is 4. The molecule has 0 saturated carbocycles. The van der Waals surface area contributed by atoms with Crippen LogP contribution in [0.25, 0.3) is 0 Å². The highest BCUT2D eigenvalue weighted by molar-refractivity contribution is 6.65. The molecule has 0 saturated heterocycles. The molecule has 0 radical (unpaired) electrons. The maximum atomic E-state index is 5.53. The molecule has 0 aliphatic heterocycles. The van der Waals surface area contributed by atoms with Crippen LogP contribution >= 0.6 is 0 Å². The van der Waals surface area contributed by atoms with Gasteiger partial charge in [-0.3, -0.25) is 0 Å². The molecule has 1 unspecified atom stereocenters. The Bertz CT molecular complexity index is 433. The molecule has 1 rings (SSSR count). The summed E-state index contributed by atoms with van der Waals surface area (Å²) in [6, 6.07) is 1.12. The van der Waals surface area contributed by atoms with E-state index >= 15 is 0 Å². The molecule has 0 amide bonds. The number of unbranched alkanes of at least 4 members (excludes halogenated alkanes) is 5. The molecule has 2 nitrogen and oxygen atoms in total. The van der Waals surface area contributed by atoms with E-state index in [2.05, 4.69) is 34.2 Å². The molecule has 0 aromatic heterocycles. The van der Waals surface area contributed by atoms with Gasteiger partial charge in [0.15, 0.2) is 0 Å². The molecule has 1 aliphatic rings. The van der Waals surface area contributed by atoms with Gasteiger partial charge in [-0.2, -0.15) is 0 Å². The Morgan fingerprint density at radius 2 is 1.35 bits per heavy atom. The van der Waals surface area contributed by atoms with E-state index in [1.54, 1.807) is 30.9 Å². The van der Waals surface area contributed by atoms with Crippen molar-refractivity contribution >= 4 is 8.56 Å². The van der Waals surface area contributed by atoms with Crippen molar-refractivity contribution in [3.8, 4) is 0 Å². The summed E-state index contributed by atoms with van der Waals surface area (Å²) >= 11 is 0. The first-order valence-corrected chi connectivity index (χ1v) is 11.9. The molecule has 3 heteroatoms. The molecule has 0 spiro atoms. The Morgan fingerprint density at radius 3 is 1.83 bits per heavy atom. The molecule has 134 valence electrons. The Labute approximate surface area is 145 Å². The van der Waals surface area contributed by atoms with Gasteiger partial charge >= 0.3 is 8.56 Å². The summed E-state index contributed by atoms with van der Waals surface area (Å²) in [7, 11) is 1.74. The Balaban J connectivity index is 2.11. The second kappa shape index (κ2) is 9.80. The van der Waals surface area contributed by atoms with Gasteiger partial charge in [0, 0.05) is 14.2 Å². The summed E-state index contributed by atoms with van der Waals surface area (Å²) in [6.07, 6.45) is 9.28. The average Bonchev–Trinajstić information content (AvgIpc) is 2.74. The predicted octanol–water partition coefficient (Wildman–Crippen LogP) is 6.38. The van der Waals surface area contributed by atoms with Gasteiger partial charge < -0.3 is 8.85 Å². The molecular formula is C20H38O2Si. The zero-order valence-electron chi connectivity index (χ0n) is 16.6. The van der Waals surface area contributed by atoms with Crippen LogP contribution < -0.4 is 0 Å². The topological polar surface area (TPSA) is 18.5 Å². The second-order valence-corrected chi connectivity index (χ2v) is 10.9. The molecular weight excluding hydrogens is 300 g/mol. The van der Waals surface area contributed by atoms with Crippen LogP contribution in [0.3, 0.4) is 0 Å². The number of hydrogen-bond donors (Lipinski definition) is 0. The van der Waals surface area contributed by atoms with Crippen LogP contribution in [0.2, 0.25) is 12.6 Å². The van der Waals surface area contributed by atoms with E-state index in [4.69, 9.17) is 8.85 Å². The second-order valence-electron chi connectivity index (χ2n) is 7.34. The highest BCUT2D eigenvalue weighted by atomic mass is 28.4. The number of hydrogen-bond acceptors (Lipinski definition) is 2. The van der Waals surface area contributed by atoms with Gasteiger partial charge in [0.1, 0.15) is 0 Å². The summed E-state index contributed by atoms with van der Waals surface area (Å²) in [6.45, 7) is 11.4. The first kappa shape index (κ1) is 20.7. The van der Waals surface area contributed by atoms with Gasteiger partial charge in [0.2, 0.25) is 0 Å².